The zero-order valence-corrected chi connectivity index (χ0v) is 14.4. The lowest BCUT2D eigenvalue weighted by molar-refractivity contribution is -0.121. The molecule has 0 spiro atoms. The highest BCUT2D eigenvalue weighted by Crippen LogP contribution is 2.27. The third-order valence-corrected chi connectivity index (χ3v) is 5.59. The molecular formula is C14H18N2O2S3. The smallest absolute Gasteiger partial charge is 0.226 e. The van der Waals surface area contributed by atoms with Crippen LogP contribution in [-0.2, 0) is 11.2 Å². The highest BCUT2D eigenvalue weighted by Gasteiger charge is 2.20. The molecular weight excluding hydrogens is 324 g/mol. The van der Waals surface area contributed by atoms with E-state index < -0.39 is 5.60 Å². The van der Waals surface area contributed by atoms with Crippen molar-refractivity contribution in [3.8, 4) is 9.88 Å². The number of hydrogen-bond donors (Lipinski definition) is 2. The first kappa shape index (κ1) is 16.5. The zero-order chi connectivity index (χ0) is 15.3. The number of nitrogens with zero attached hydrogens (tertiary/aromatic N) is 1. The van der Waals surface area contributed by atoms with Crippen LogP contribution in [0, 0.1) is 0 Å². The Bertz CT molecular complexity index is 579. The third kappa shape index (κ3) is 5.10. The van der Waals surface area contributed by atoms with Gasteiger partial charge in [-0.05, 0) is 24.6 Å². The molecule has 0 aromatic carbocycles. The number of thioether (sulfide) groups is 1. The van der Waals surface area contributed by atoms with Crippen LogP contribution in [0.3, 0.4) is 0 Å². The number of thiazole rings is 1. The summed E-state index contributed by atoms with van der Waals surface area (Å²) >= 11 is 4.74. The van der Waals surface area contributed by atoms with Gasteiger partial charge in [-0.1, -0.05) is 6.07 Å². The molecule has 1 atom stereocenters. The maximum Gasteiger partial charge on any atom is 0.226 e. The normalized spacial score (nSPS) is 13.9. The third-order valence-electron chi connectivity index (χ3n) is 2.75. The van der Waals surface area contributed by atoms with E-state index in [2.05, 4.69) is 10.3 Å². The van der Waals surface area contributed by atoms with Gasteiger partial charge >= 0.3 is 0 Å². The molecule has 0 aliphatic heterocycles. The number of nitrogens with one attached hydrogen (secondary N) is 1. The standard InChI is InChI=1S/C14H18N2O2S3/c1-14(18,9-19-2)8-15-12(17)6-10-7-21-13(16-10)11-4-3-5-20-11/h3-5,7,18H,6,8-9H2,1-2H3,(H,15,17). The Kier molecular flexibility index (Phi) is 5.80. The molecule has 7 heteroatoms. The minimum absolute atomic E-state index is 0.112. The van der Waals surface area contributed by atoms with Gasteiger partial charge in [0.25, 0.3) is 0 Å². The van der Waals surface area contributed by atoms with Gasteiger partial charge in [0.05, 0.1) is 22.6 Å². The Labute approximate surface area is 136 Å². The Balaban J connectivity index is 1.86. The lowest BCUT2D eigenvalue weighted by Crippen LogP contribution is -2.42. The number of carbonyl (C=O) groups excluding carboxylic acids is 1. The molecule has 2 heterocycles. The summed E-state index contributed by atoms with van der Waals surface area (Å²) < 4.78 is 0. The highest BCUT2D eigenvalue weighted by atomic mass is 32.2. The van der Waals surface area contributed by atoms with Crippen LogP contribution in [0.1, 0.15) is 12.6 Å². The molecule has 0 saturated carbocycles. The topological polar surface area (TPSA) is 62.2 Å². The Morgan fingerprint density at radius 2 is 2.33 bits per heavy atom. The van der Waals surface area contributed by atoms with Gasteiger partial charge < -0.3 is 10.4 Å². The van der Waals surface area contributed by atoms with Crippen molar-refractivity contribution in [2.45, 2.75) is 18.9 Å². The number of carbonyl (C=O) groups is 1. The Morgan fingerprint density at radius 3 is 3.00 bits per heavy atom. The molecule has 0 fully saturated rings. The summed E-state index contributed by atoms with van der Waals surface area (Å²) in [4.78, 5) is 17.5. The van der Waals surface area contributed by atoms with Crippen molar-refractivity contribution >= 4 is 40.3 Å². The van der Waals surface area contributed by atoms with Gasteiger partial charge in [-0.15, -0.1) is 22.7 Å². The van der Waals surface area contributed by atoms with E-state index in [1.165, 1.54) is 0 Å². The van der Waals surface area contributed by atoms with Crippen molar-refractivity contribution in [1.29, 1.82) is 0 Å². The van der Waals surface area contributed by atoms with Crippen molar-refractivity contribution in [3.63, 3.8) is 0 Å². The van der Waals surface area contributed by atoms with Crippen LogP contribution in [0.2, 0.25) is 0 Å². The van der Waals surface area contributed by atoms with E-state index in [4.69, 9.17) is 0 Å². The van der Waals surface area contributed by atoms with Gasteiger partial charge in [0, 0.05) is 17.7 Å². The van der Waals surface area contributed by atoms with Crippen molar-refractivity contribution in [1.82, 2.24) is 10.3 Å². The second-order valence-corrected chi connectivity index (χ2v) is 7.68. The molecule has 0 saturated heterocycles. The van der Waals surface area contributed by atoms with Gasteiger partial charge in [0.1, 0.15) is 5.01 Å². The van der Waals surface area contributed by atoms with E-state index in [9.17, 15) is 9.90 Å². The molecule has 4 nitrogen and oxygen atoms in total. The van der Waals surface area contributed by atoms with Gasteiger partial charge in [-0.3, -0.25) is 4.79 Å². The summed E-state index contributed by atoms with van der Waals surface area (Å²) in [7, 11) is 0. The molecule has 0 aliphatic rings. The van der Waals surface area contributed by atoms with Gasteiger partial charge in [0.2, 0.25) is 5.91 Å². The lowest BCUT2D eigenvalue weighted by atomic mass is 10.1. The Hall–Kier alpha value is -0.890. The van der Waals surface area contributed by atoms with E-state index in [1.54, 1.807) is 41.4 Å². The number of hydrogen-bond acceptors (Lipinski definition) is 6. The maximum atomic E-state index is 11.9. The predicted molar refractivity (Wildman–Crippen MR) is 91.1 cm³/mol. The fourth-order valence-corrected chi connectivity index (χ4v) is 4.14. The number of amides is 1. The molecule has 2 aromatic rings. The minimum Gasteiger partial charge on any atom is -0.387 e. The van der Waals surface area contributed by atoms with E-state index >= 15 is 0 Å². The SMILES string of the molecule is CSCC(C)(O)CNC(=O)Cc1csc(-c2cccs2)n1. The van der Waals surface area contributed by atoms with Crippen LogP contribution < -0.4 is 5.32 Å². The van der Waals surface area contributed by atoms with Crippen molar-refractivity contribution in [2.75, 3.05) is 18.6 Å². The molecule has 0 bridgehead atoms. The molecule has 21 heavy (non-hydrogen) atoms. The van der Waals surface area contributed by atoms with Gasteiger partial charge in [-0.25, -0.2) is 4.98 Å². The summed E-state index contributed by atoms with van der Waals surface area (Å²) in [6.45, 7) is 1.98. The van der Waals surface area contributed by atoms with E-state index in [-0.39, 0.29) is 18.9 Å². The predicted octanol–water partition coefficient (Wildman–Crippen LogP) is 2.64. The molecule has 1 unspecified atom stereocenters. The number of aromatic nitrogens is 1. The van der Waals surface area contributed by atoms with Crippen LogP contribution in [0.25, 0.3) is 9.88 Å². The van der Waals surface area contributed by atoms with E-state index in [1.807, 2.05) is 29.1 Å². The summed E-state index contributed by atoms with van der Waals surface area (Å²) in [5, 5.41) is 17.6. The largest absolute Gasteiger partial charge is 0.387 e. The summed E-state index contributed by atoms with van der Waals surface area (Å²) in [5.74, 6) is 0.478. The van der Waals surface area contributed by atoms with E-state index in [0.29, 0.717) is 5.75 Å². The molecule has 2 rings (SSSR count). The van der Waals surface area contributed by atoms with E-state index in [0.717, 1.165) is 15.6 Å². The van der Waals surface area contributed by atoms with Crippen LogP contribution in [0.4, 0.5) is 0 Å². The monoisotopic (exact) mass is 342 g/mol. The number of thiophene rings is 1. The fraction of sp³-hybridized carbons (Fsp3) is 0.429. The van der Waals surface area contributed by atoms with Gasteiger partial charge in [0.15, 0.2) is 0 Å². The minimum atomic E-state index is -0.876. The summed E-state index contributed by atoms with van der Waals surface area (Å²) in [6.07, 6.45) is 2.18. The van der Waals surface area contributed by atoms with Crippen LogP contribution in [-0.4, -0.2) is 40.2 Å². The van der Waals surface area contributed by atoms with Crippen molar-refractivity contribution in [2.24, 2.45) is 0 Å². The molecule has 1 amide bonds. The average Bonchev–Trinajstić information content (AvgIpc) is 3.06. The number of rotatable bonds is 7. The van der Waals surface area contributed by atoms with Crippen LogP contribution >= 0.6 is 34.4 Å². The maximum absolute atomic E-state index is 11.9. The first-order valence-corrected chi connectivity index (χ1v) is 9.62. The zero-order valence-electron chi connectivity index (χ0n) is 12.0. The molecule has 2 N–H and O–H groups in total. The quantitative estimate of drug-likeness (QED) is 0.812. The highest BCUT2D eigenvalue weighted by molar-refractivity contribution is 7.98. The first-order chi connectivity index (χ1) is 10.00. The molecule has 0 aliphatic carbocycles. The van der Waals surface area contributed by atoms with Gasteiger partial charge in [-0.2, -0.15) is 11.8 Å². The van der Waals surface area contributed by atoms with Crippen molar-refractivity contribution < 1.29 is 9.90 Å². The fourth-order valence-electron chi connectivity index (χ4n) is 1.78. The average molecular weight is 343 g/mol. The molecule has 2 aromatic heterocycles. The first-order valence-electron chi connectivity index (χ1n) is 6.46. The number of aliphatic hydroxyl groups is 1. The Morgan fingerprint density at radius 1 is 1.52 bits per heavy atom. The lowest BCUT2D eigenvalue weighted by Gasteiger charge is -2.22. The molecule has 0 radical (unpaired) electrons. The van der Waals surface area contributed by atoms with Crippen LogP contribution in [0.15, 0.2) is 22.9 Å². The summed E-state index contributed by atoms with van der Waals surface area (Å²) in [6, 6.07) is 4.01. The summed E-state index contributed by atoms with van der Waals surface area (Å²) in [5.41, 5.74) is -0.107. The second kappa shape index (κ2) is 7.40. The van der Waals surface area contributed by atoms with Crippen LogP contribution in [0.5, 0.6) is 0 Å². The second-order valence-electron chi connectivity index (χ2n) is 5.00. The molecule has 114 valence electrons. The van der Waals surface area contributed by atoms with Crippen molar-refractivity contribution in [3.05, 3.63) is 28.6 Å².